The minimum Gasteiger partial charge on any atom is -0.542 e. The number of hydrogen-bond donors (Lipinski definition) is 2. The summed E-state index contributed by atoms with van der Waals surface area (Å²) in [5.41, 5.74) is 6.34. The van der Waals surface area contributed by atoms with Gasteiger partial charge in [-0.25, -0.2) is 4.98 Å². The molecule has 2 aromatic rings. The summed E-state index contributed by atoms with van der Waals surface area (Å²) in [5, 5.41) is 16.8. The fourth-order valence-corrected chi connectivity index (χ4v) is 3.04. The first-order chi connectivity index (χ1) is 12.2. The van der Waals surface area contributed by atoms with Crippen LogP contribution in [0.1, 0.15) is 43.7 Å². The van der Waals surface area contributed by atoms with Crippen molar-refractivity contribution in [3.05, 3.63) is 24.0 Å². The number of hydrogen-bond acceptors (Lipinski definition) is 5. The molecule has 7 nitrogen and oxygen atoms in total. The fourth-order valence-electron chi connectivity index (χ4n) is 3.04. The quantitative estimate of drug-likeness (QED) is 0.816. The van der Waals surface area contributed by atoms with Gasteiger partial charge in [0.2, 0.25) is 0 Å². The topological polar surface area (TPSA) is 110 Å². The van der Waals surface area contributed by atoms with E-state index in [-0.39, 0.29) is 0 Å². The molecule has 10 heteroatoms. The Kier molecular flexibility index (Phi) is 5.03. The normalized spacial score (nSPS) is 22.8. The third-order valence-corrected chi connectivity index (χ3v) is 4.50. The lowest BCUT2D eigenvalue weighted by molar-refractivity contribution is -0.417. The van der Waals surface area contributed by atoms with E-state index in [0.717, 1.165) is 17.9 Å². The van der Waals surface area contributed by atoms with Gasteiger partial charge in [-0.15, -0.1) is 0 Å². The molecule has 0 spiro atoms. The highest BCUT2D eigenvalue weighted by Crippen LogP contribution is 2.40. The van der Waals surface area contributed by atoms with Crippen LogP contribution in [0, 0.1) is 0 Å². The van der Waals surface area contributed by atoms with Gasteiger partial charge in [0.15, 0.2) is 5.65 Å². The third kappa shape index (κ3) is 4.43. The van der Waals surface area contributed by atoms with E-state index in [1.165, 1.54) is 31.4 Å². The molecule has 2 aliphatic rings. The number of nitrogens with zero attached hydrogens (tertiary/aromatic N) is 3. The number of alkyl halides is 3. The number of aromatic nitrogens is 3. The number of fused-ring (bicyclic) bond motifs is 1. The van der Waals surface area contributed by atoms with Gasteiger partial charge in [0.25, 0.3) is 0 Å². The van der Waals surface area contributed by atoms with Crippen LogP contribution in [0.25, 0.3) is 5.65 Å². The van der Waals surface area contributed by atoms with Gasteiger partial charge in [0, 0.05) is 42.6 Å². The van der Waals surface area contributed by atoms with Gasteiger partial charge in [0.1, 0.15) is 11.8 Å². The maximum absolute atomic E-state index is 10.5. The molecule has 2 aromatic heterocycles. The van der Waals surface area contributed by atoms with Crippen molar-refractivity contribution in [2.45, 2.75) is 56.3 Å². The van der Waals surface area contributed by atoms with Crippen LogP contribution in [-0.2, 0) is 4.79 Å². The van der Waals surface area contributed by atoms with Gasteiger partial charge in [-0.05, 0) is 19.3 Å². The van der Waals surface area contributed by atoms with E-state index in [9.17, 15) is 13.2 Å². The first kappa shape index (κ1) is 18.4. The van der Waals surface area contributed by atoms with Gasteiger partial charge in [-0.2, -0.15) is 22.8 Å². The molecule has 0 aromatic carbocycles. The predicted octanol–water partition coefficient (Wildman–Crippen LogP) is 0.480. The van der Waals surface area contributed by atoms with E-state index in [1.54, 1.807) is 0 Å². The van der Waals surface area contributed by atoms with Gasteiger partial charge in [-0.3, -0.25) is 0 Å². The van der Waals surface area contributed by atoms with Crippen molar-refractivity contribution in [1.29, 1.82) is 0 Å². The molecule has 0 aliphatic heterocycles. The molecule has 2 fully saturated rings. The number of quaternary nitrogens is 1. The van der Waals surface area contributed by atoms with E-state index in [4.69, 9.17) is 14.9 Å². The Morgan fingerprint density at radius 2 is 2.00 bits per heavy atom. The van der Waals surface area contributed by atoms with E-state index in [2.05, 4.69) is 22.2 Å². The highest BCUT2D eigenvalue weighted by Gasteiger charge is 2.29. The van der Waals surface area contributed by atoms with Crippen molar-refractivity contribution >= 4 is 17.4 Å². The number of carboxylic acid groups (broad SMARTS) is 1. The molecule has 0 bridgehead atoms. The molecule has 0 radical (unpaired) electrons. The predicted molar refractivity (Wildman–Crippen MR) is 84.0 cm³/mol. The van der Waals surface area contributed by atoms with Crippen LogP contribution in [0.3, 0.4) is 0 Å². The summed E-state index contributed by atoms with van der Waals surface area (Å²) in [6, 6.07) is 5.30. The SMILES string of the molecule is O=C([O-])C(F)(F)F.[NH3+][C@@H]1CC[C@@H](Nc2cc(C3CC3)nc3ccnn23)C1. The second-order valence-corrected chi connectivity index (χ2v) is 6.75. The highest BCUT2D eigenvalue weighted by atomic mass is 19.4. The molecule has 26 heavy (non-hydrogen) atoms. The summed E-state index contributed by atoms with van der Waals surface area (Å²) >= 11 is 0. The Hall–Kier alpha value is -2.36. The lowest BCUT2D eigenvalue weighted by Crippen LogP contribution is -2.59. The summed E-state index contributed by atoms with van der Waals surface area (Å²) in [6.45, 7) is 0. The van der Waals surface area contributed by atoms with Crippen molar-refractivity contribution in [3.8, 4) is 0 Å². The Morgan fingerprint density at radius 1 is 1.31 bits per heavy atom. The molecule has 4 rings (SSSR count). The zero-order chi connectivity index (χ0) is 18.9. The zero-order valence-corrected chi connectivity index (χ0v) is 14.0. The highest BCUT2D eigenvalue weighted by molar-refractivity contribution is 5.70. The van der Waals surface area contributed by atoms with Crippen LogP contribution in [-0.4, -0.2) is 38.8 Å². The van der Waals surface area contributed by atoms with Crippen molar-refractivity contribution < 1.29 is 28.8 Å². The number of carbonyl (C=O) groups excluding carboxylic acids is 1. The molecular weight excluding hydrogens is 351 g/mol. The van der Waals surface area contributed by atoms with E-state index >= 15 is 0 Å². The Balaban J connectivity index is 0.000000242. The smallest absolute Gasteiger partial charge is 0.430 e. The number of carboxylic acids is 1. The summed E-state index contributed by atoms with van der Waals surface area (Å²) in [6.07, 6.45) is 2.77. The van der Waals surface area contributed by atoms with Crippen LogP contribution in [0.5, 0.6) is 0 Å². The second kappa shape index (κ2) is 7.10. The van der Waals surface area contributed by atoms with E-state index < -0.39 is 12.1 Å². The number of carbonyl (C=O) groups is 1. The Labute approximate surface area is 147 Å². The number of nitrogens with one attached hydrogen (secondary N) is 1. The molecule has 142 valence electrons. The first-order valence-electron chi connectivity index (χ1n) is 8.46. The van der Waals surface area contributed by atoms with Gasteiger partial charge in [0.05, 0.1) is 12.2 Å². The van der Waals surface area contributed by atoms with Gasteiger partial charge in [-0.1, -0.05) is 0 Å². The average molecular weight is 371 g/mol. The number of halogens is 3. The van der Waals surface area contributed by atoms with Crippen LogP contribution < -0.4 is 16.2 Å². The lowest BCUT2D eigenvalue weighted by Gasteiger charge is -2.15. The monoisotopic (exact) mass is 371 g/mol. The molecule has 0 unspecified atom stereocenters. The largest absolute Gasteiger partial charge is 0.542 e. The maximum Gasteiger partial charge on any atom is 0.430 e. The number of aliphatic carboxylic acids is 1. The van der Waals surface area contributed by atoms with Crippen LogP contribution in [0.15, 0.2) is 18.3 Å². The molecule has 0 amide bonds. The van der Waals surface area contributed by atoms with Crippen molar-refractivity contribution in [2.24, 2.45) is 0 Å². The number of rotatable bonds is 3. The van der Waals surface area contributed by atoms with Crippen LogP contribution >= 0.6 is 0 Å². The molecule has 4 N–H and O–H groups in total. The Bertz CT molecular complexity index is 788. The molecule has 2 saturated carbocycles. The standard InChI is InChI=1S/C14H19N5.C2HF3O2/c15-10-3-4-11(7-10)17-14-8-12(9-1-2-9)18-13-5-6-16-19(13)14;3-2(4,5)1(6)7/h5-6,8-11,17H,1-4,7,15H2;(H,6,7)/t10-,11-;/m1./s1. The van der Waals surface area contributed by atoms with Crippen molar-refractivity contribution in [1.82, 2.24) is 14.6 Å². The molecule has 2 aliphatic carbocycles. The second-order valence-electron chi connectivity index (χ2n) is 6.75. The lowest BCUT2D eigenvalue weighted by atomic mass is 10.2. The first-order valence-corrected chi connectivity index (χ1v) is 8.46. The molecule has 0 saturated heterocycles. The summed E-state index contributed by atoms with van der Waals surface area (Å²) in [5.74, 6) is -1.24. The molecular formula is C16H20F3N5O2. The minimum absolute atomic E-state index is 0.532. The molecule has 2 atom stereocenters. The van der Waals surface area contributed by atoms with E-state index in [0.29, 0.717) is 18.0 Å². The fraction of sp³-hybridized carbons (Fsp3) is 0.562. The third-order valence-electron chi connectivity index (χ3n) is 4.50. The van der Waals surface area contributed by atoms with E-state index in [1.807, 2.05) is 16.8 Å². The average Bonchev–Trinajstić information content (AvgIpc) is 3.16. The van der Waals surface area contributed by atoms with Crippen LogP contribution in [0.4, 0.5) is 19.0 Å². The van der Waals surface area contributed by atoms with Gasteiger partial charge >= 0.3 is 6.18 Å². The van der Waals surface area contributed by atoms with Gasteiger partial charge < -0.3 is 21.0 Å². The van der Waals surface area contributed by atoms with Crippen molar-refractivity contribution in [2.75, 3.05) is 5.32 Å². The summed E-state index contributed by atoms with van der Waals surface area (Å²) in [4.78, 5) is 13.5. The molecule has 2 heterocycles. The van der Waals surface area contributed by atoms with Crippen molar-refractivity contribution in [3.63, 3.8) is 0 Å². The van der Waals surface area contributed by atoms with Crippen LogP contribution in [0.2, 0.25) is 0 Å². The zero-order valence-electron chi connectivity index (χ0n) is 14.0. The minimum atomic E-state index is -5.19. The maximum atomic E-state index is 10.5. The number of anilines is 1. The summed E-state index contributed by atoms with van der Waals surface area (Å²) < 4.78 is 33.5. The Morgan fingerprint density at radius 3 is 2.54 bits per heavy atom. The summed E-state index contributed by atoms with van der Waals surface area (Å²) in [7, 11) is 0.